The molecule has 1 atom stereocenters. The molecule has 2 rings (SSSR count). The molecule has 1 heterocycles. The lowest BCUT2D eigenvalue weighted by Gasteiger charge is -2.36. The number of carbonyl (C=O) groups excluding carboxylic acids is 1. The molecule has 0 amide bonds. The third-order valence-electron chi connectivity index (χ3n) is 3.52. The summed E-state index contributed by atoms with van der Waals surface area (Å²) in [7, 11) is 0. The van der Waals surface area contributed by atoms with Crippen molar-refractivity contribution in [3.63, 3.8) is 0 Å². The Balaban J connectivity index is 2.49. The average Bonchev–Trinajstić information content (AvgIpc) is 3.00. The molecular formula is C16H20ClN3OS. The molecule has 0 fully saturated rings. The largest absolute Gasteiger partial charge is 0.295 e. The first-order valence-electron chi connectivity index (χ1n) is 6.99. The minimum Gasteiger partial charge on any atom is -0.295 e. The molecule has 0 radical (unpaired) electrons. The van der Waals surface area contributed by atoms with Crippen LogP contribution in [-0.4, -0.2) is 26.8 Å². The minimum absolute atomic E-state index is 0.118. The fourth-order valence-electron chi connectivity index (χ4n) is 2.38. The van der Waals surface area contributed by atoms with Gasteiger partial charge in [0, 0.05) is 16.9 Å². The van der Waals surface area contributed by atoms with Gasteiger partial charge in [0.15, 0.2) is 10.7 Å². The first kappa shape index (κ1) is 17.0. The highest BCUT2D eigenvalue weighted by Crippen LogP contribution is 2.39. The lowest BCUT2D eigenvalue weighted by molar-refractivity contribution is -0.131. The number of hydrogen-bond donors (Lipinski definition) is 0. The van der Waals surface area contributed by atoms with E-state index in [2.05, 4.69) is 10.1 Å². The van der Waals surface area contributed by atoms with Crippen molar-refractivity contribution in [3.8, 4) is 0 Å². The van der Waals surface area contributed by atoms with E-state index in [1.165, 1.54) is 18.1 Å². The Labute approximate surface area is 140 Å². The Morgan fingerprint density at radius 1 is 1.27 bits per heavy atom. The van der Waals surface area contributed by atoms with Crippen molar-refractivity contribution >= 4 is 29.1 Å². The van der Waals surface area contributed by atoms with Gasteiger partial charge in [-0.3, -0.25) is 4.79 Å². The molecule has 6 heteroatoms. The van der Waals surface area contributed by atoms with Gasteiger partial charge < -0.3 is 0 Å². The fraction of sp³-hybridized carbons (Fsp3) is 0.438. The van der Waals surface area contributed by atoms with Crippen LogP contribution in [0.25, 0.3) is 0 Å². The summed E-state index contributed by atoms with van der Waals surface area (Å²) < 4.78 is 1.67. The molecule has 118 valence electrons. The number of benzene rings is 1. The van der Waals surface area contributed by atoms with Gasteiger partial charge in [-0.05, 0) is 24.0 Å². The molecule has 0 aliphatic heterocycles. The Morgan fingerprint density at radius 3 is 2.36 bits per heavy atom. The summed E-state index contributed by atoms with van der Waals surface area (Å²) in [6.07, 6.45) is 5.53. The van der Waals surface area contributed by atoms with Crippen LogP contribution in [0.5, 0.6) is 0 Å². The molecule has 1 unspecified atom stereocenters. The van der Waals surface area contributed by atoms with Crippen LogP contribution in [0, 0.1) is 5.41 Å². The Kier molecular flexibility index (Phi) is 4.97. The highest BCUT2D eigenvalue weighted by atomic mass is 35.5. The van der Waals surface area contributed by atoms with Gasteiger partial charge in [-0.25, -0.2) is 9.67 Å². The SMILES string of the molecule is CSC(Cc1ccc(Cl)cc1)(C(=O)C(C)(C)C)n1cncn1. The van der Waals surface area contributed by atoms with Crippen molar-refractivity contribution in [2.24, 2.45) is 5.41 Å². The van der Waals surface area contributed by atoms with Gasteiger partial charge in [-0.15, -0.1) is 11.8 Å². The molecule has 1 aromatic carbocycles. The van der Waals surface area contributed by atoms with Crippen LogP contribution >= 0.6 is 23.4 Å². The highest BCUT2D eigenvalue weighted by Gasteiger charge is 2.45. The number of halogens is 1. The molecule has 2 aromatic rings. The van der Waals surface area contributed by atoms with Crippen molar-refractivity contribution in [1.82, 2.24) is 14.8 Å². The summed E-state index contributed by atoms with van der Waals surface area (Å²) in [6, 6.07) is 7.57. The van der Waals surface area contributed by atoms with E-state index in [4.69, 9.17) is 11.6 Å². The van der Waals surface area contributed by atoms with E-state index in [1.54, 1.807) is 11.0 Å². The van der Waals surface area contributed by atoms with Gasteiger partial charge in [0.05, 0.1) is 0 Å². The number of nitrogens with zero attached hydrogens (tertiary/aromatic N) is 3. The van der Waals surface area contributed by atoms with E-state index in [0.29, 0.717) is 11.4 Å². The first-order valence-corrected chi connectivity index (χ1v) is 8.59. The molecule has 0 N–H and O–H groups in total. The minimum atomic E-state index is -0.817. The highest BCUT2D eigenvalue weighted by molar-refractivity contribution is 8.00. The van der Waals surface area contributed by atoms with Gasteiger partial charge in [0.2, 0.25) is 0 Å². The number of ketones is 1. The Morgan fingerprint density at radius 2 is 1.91 bits per heavy atom. The molecule has 0 saturated carbocycles. The molecule has 0 aliphatic carbocycles. The lowest BCUT2D eigenvalue weighted by Crippen LogP contribution is -2.47. The molecule has 22 heavy (non-hydrogen) atoms. The van der Waals surface area contributed by atoms with Gasteiger partial charge >= 0.3 is 0 Å². The quantitative estimate of drug-likeness (QED) is 0.832. The van der Waals surface area contributed by atoms with Crippen molar-refractivity contribution in [1.29, 1.82) is 0 Å². The molecular weight excluding hydrogens is 318 g/mol. The number of carbonyl (C=O) groups is 1. The van der Waals surface area contributed by atoms with Crippen LogP contribution in [0.2, 0.25) is 5.02 Å². The van der Waals surface area contributed by atoms with Gasteiger partial charge in [-0.2, -0.15) is 5.10 Å². The van der Waals surface area contributed by atoms with Gasteiger partial charge in [-0.1, -0.05) is 44.5 Å². The predicted octanol–water partition coefficient (Wildman–Crippen LogP) is 3.81. The van der Waals surface area contributed by atoms with Crippen molar-refractivity contribution in [3.05, 3.63) is 47.5 Å². The van der Waals surface area contributed by atoms with Crippen LogP contribution < -0.4 is 0 Å². The number of rotatable bonds is 5. The van der Waals surface area contributed by atoms with E-state index < -0.39 is 10.3 Å². The lowest BCUT2D eigenvalue weighted by atomic mass is 9.83. The maximum atomic E-state index is 13.2. The van der Waals surface area contributed by atoms with Gasteiger partial charge in [0.25, 0.3) is 0 Å². The zero-order chi connectivity index (χ0) is 16.4. The van der Waals surface area contributed by atoms with Crippen LogP contribution in [0.15, 0.2) is 36.9 Å². The van der Waals surface area contributed by atoms with E-state index in [1.807, 2.05) is 51.3 Å². The Hall–Kier alpha value is -1.33. The van der Waals surface area contributed by atoms with Crippen LogP contribution in [0.3, 0.4) is 0 Å². The zero-order valence-electron chi connectivity index (χ0n) is 13.2. The first-order chi connectivity index (χ1) is 10.3. The predicted molar refractivity (Wildman–Crippen MR) is 91.1 cm³/mol. The van der Waals surface area contributed by atoms with E-state index in [-0.39, 0.29) is 5.78 Å². The van der Waals surface area contributed by atoms with E-state index in [9.17, 15) is 4.79 Å². The summed E-state index contributed by atoms with van der Waals surface area (Å²) in [6.45, 7) is 5.79. The molecule has 4 nitrogen and oxygen atoms in total. The summed E-state index contributed by atoms with van der Waals surface area (Å²) >= 11 is 7.44. The van der Waals surface area contributed by atoms with E-state index in [0.717, 1.165) is 5.56 Å². The van der Waals surface area contributed by atoms with Crippen LogP contribution in [0.1, 0.15) is 26.3 Å². The summed E-state index contributed by atoms with van der Waals surface area (Å²) in [5, 5.41) is 4.93. The standard InChI is InChI=1S/C16H20ClN3OS/c1-15(2,3)14(21)16(22-4,20-11-18-10-19-20)9-12-5-7-13(17)8-6-12/h5-8,10-11H,9H2,1-4H3. The molecule has 0 saturated heterocycles. The van der Waals surface area contributed by atoms with E-state index >= 15 is 0 Å². The third kappa shape index (κ3) is 3.36. The van der Waals surface area contributed by atoms with Crippen LogP contribution in [-0.2, 0) is 16.1 Å². The number of hydrogen-bond acceptors (Lipinski definition) is 4. The van der Waals surface area contributed by atoms with Crippen LogP contribution in [0.4, 0.5) is 0 Å². The van der Waals surface area contributed by atoms with Gasteiger partial charge in [0.1, 0.15) is 12.7 Å². The normalized spacial score (nSPS) is 14.6. The zero-order valence-corrected chi connectivity index (χ0v) is 14.8. The molecule has 0 spiro atoms. The van der Waals surface area contributed by atoms with Crippen molar-refractivity contribution < 1.29 is 4.79 Å². The second kappa shape index (κ2) is 6.42. The monoisotopic (exact) mass is 337 g/mol. The number of aromatic nitrogens is 3. The summed E-state index contributed by atoms with van der Waals surface area (Å²) in [5.41, 5.74) is 0.549. The number of thioether (sulfide) groups is 1. The fourth-order valence-corrected chi connectivity index (χ4v) is 3.59. The second-order valence-corrected chi connectivity index (χ2v) is 7.73. The maximum absolute atomic E-state index is 13.2. The number of Topliss-reactive ketones (excluding diaryl/α,β-unsaturated/α-hetero) is 1. The average molecular weight is 338 g/mol. The third-order valence-corrected chi connectivity index (χ3v) is 4.96. The molecule has 1 aromatic heterocycles. The smallest absolute Gasteiger partial charge is 0.176 e. The second-order valence-electron chi connectivity index (χ2n) is 6.21. The Bertz CT molecular complexity index is 634. The maximum Gasteiger partial charge on any atom is 0.176 e. The van der Waals surface area contributed by atoms with Crippen molar-refractivity contribution in [2.45, 2.75) is 32.1 Å². The summed E-state index contributed by atoms with van der Waals surface area (Å²) in [5.74, 6) is 0.118. The molecule has 0 bridgehead atoms. The topological polar surface area (TPSA) is 47.8 Å². The summed E-state index contributed by atoms with van der Waals surface area (Å²) in [4.78, 5) is 16.4. The molecule has 0 aliphatic rings. The van der Waals surface area contributed by atoms with Crippen molar-refractivity contribution in [2.75, 3.05) is 6.26 Å².